The SMILES string of the molecule is CC1(OC(=O)C2C3CC4C(OC(=O)C42)C3OC(=O)C(F)(F)S(=O)(=O)O)C2CC3CC(C2)C1C3. The molecular formula is C21H24F2O9S. The maximum atomic E-state index is 13.8. The first kappa shape index (κ1) is 21.7. The summed E-state index contributed by atoms with van der Waals surface area (Å²) in [5.74, 6) is -5.23. The van der Waals surface area contributed by atoms with Gasteiger partial charge in [-0.1, -0.05) is 0 Å². The molecule has 1 heterocycles. The van der Waals surface area contributed by atoms with Crippen molar-refractivity contribution >= 4 is 28.0 Å². The molecule has 0 aromatic rings. The Hall–Kier alpha value is -1.82. The maximum absolute atomic E-state index is 13.8. The Morgan fingerprint density at radius 1 is 1.15 bits per heavy atom. The third kappa shape index (κ3) is 2.70. The van der Waals surface area contributed by atoms with Gasteiger partial charge in [0, 0.05) is 17.8 Å². The molecule has 6 bridgehead atoms. The molecule has 182 valence electrons. The highest BCUT2D eigenvalue weighted by molar-refractivity contribution is 7.87. The van der Waals surface area contributed by atoms with Crippen LogP contribution in [-0.4, -0.2) is 53.9 Å². The van der Waals surface area contributed by atoms with Crippen LogP contribution in [0.3, 0.4) is 0 Å². The maximum Gasteiger partial charge on any atom is 0.465 e. The Kier molecular flexibility index (Phi) is 4.23. The van der Waals surface area contributed by atoms with Gasteiger partial charge in [0.05, 0.1) is 11.8 Å². The van der Waals surface area contributed by atoms with E-state index in [1.165, 1.54) is 0 Å². The van der Waals surface area contributed by atoms with E-state index in [2.05, 4.69) is 0 Å². The molecule has 6 saturated carbocycles. The van der Waals surface area contributed by atoms with Crippen molar-refractivity contribution in [2.45, 2.75) is 62.1 Å². The predicted molar refractivity (Wildman–Crippen MR) is 102 cm³/mol. The van der Waals surface area contributed by atoms with Gasteiger partial charge in [-0.15, -0.1) is 0 Å². The number of rotatable bonds is 5. The number of hydrogen-bond donors (Lipinski definition) is 1. The van der Waals surface area contributed by atoms with Gasteiger partial charge in [-0.05, 0) is 56.8 Å². The zero-order chi connectivity index (χ0) is 23.7. The van der Waals surface area contributed by atoms with Crippen molar-refractivity contribution in [1.82, 2.24) is 0 Å². The predicted octanol–water partition coefficient (Wildman–Crippen LogP) is 1.55. The molecule has 7 fully saturated rings. The summed E-state index contributed by atoms with van der Waals surface area (Å²) in [6, 6.07) is 0. The molecule has 0 aromatic carbocycles. The molecule has 6 aliphatic carbocycles. The summed E-state index contributed by atoms with van der Waals surface area (Å²) in [5.41, 5.74) is -0.650. The zero-order valence-corrected chi connectivity index (χ0v) is 18.5. The second kappa shape index (κ2) is 6.44. The molecule has 7 rings (SSSR count). The molecule has 1 N–H and O–H groups in total. The van der Waals surface area contributed by atoms with Gasteiger partial charge in [-0.2, -0.15) is 17.2 Å². The Bertz CT molecular complexity index is 1060. The van der Waals surface area contributed by atoms with Crippen molar-refractivity contribution in [2.75, 3.05) is 0 Å². The van der Waals surface area contributed by atoms with Crippen molar-refractivity contribution in [3.63, 3.8) is 0 Å². The Morgan fingerprint density at radius 2 is 1.88 bits per heavy atom. The number of carbonyl (C=O) groups is 3. The van der Waals surface area contributed by atoms with Crippen LogP contribution < -0.4 is 0 Å². The van der Waals surface area contributed by atoms with Crippen molar-refractivity contribution in [2.24, 2.45) is 47.3 Å². The molecule has 0 spiro atoms. The van der Waals surface area contributed by atoms with Crippen LogP contribution in [0.15, 0.2) is 0 Å². The average molecular weight is 490 g/mol. The summed E-state index contributed by atoms with van der Waals surface area (Å²) in [7, 11) is -6.05. The van der Waals surface area contributed by atoms with Crippen LogP contribution in [0.1, 0.15) is 39.0 Å². The first-order valence-corrected chi connectivity index (χ1v) is 12.8. The standard InChI is InChI=1S/C21H24F2O9S/c1-20(9-3-7-2-8(5-9)12(20)4-7)32-18(25)14-11-6-10-13(14)17(24)30-15(10)16(11)31-19(26)21(22,23)33(27,28)29/h7-16H,2-6H2,1H3,(H,27,28,29). The minimum absolute atomic E-state index is 0.227. The van der Waals surface area contributed by atoms with Gasteiger partial charge in [0.15, 0.2) is 0 Å². The lowest BCUT2D eigenvalue weighted by Crippen LogP contribution is -2.50. The Balaban J connectivity index is 1.25. The van der Waals surface area contributed by atoms with Crippen LogP contribution in [0.25, 0.3) is 0 Å². The molecule has 33 heavy (non-hydrogen) atoms. The summed E-state index contributed by atoms with van der Waals surface area (Å²) in [6.45, 7) is 1.94. The quantitative estimate of drug-likeness (QED) is 0.346. The van der Waals surface area contributed by atoms with E-state index in [4.69, 9.17) is 18.8 Å². The first-order chi connectivity index (χ1) is 15.3. The molecule has 9 nitrogen and oxygen atoms in total. The molecule has 1 saturated heterocycles. The smallest absolute Gasteiger partial charge is 0.459 e. The van der Waals surface area contributed by atoms with Crippen LogP contribution in [-0.2, 0) is 38.7 Å². The first-order valence-electron chi connectivity index (χ1n) is 11.3. The molecule has 11 unspecified atom stereocenters. The topological polar surface area (TPSA) is 133 Å². The second-order valence-corrected chi connectivity index (χ2v) is 12.3. The van der Waals surface area contributed by atoms with Gasteiger partial charge in [0.25, 0.3) is 0 Å². The minimum Gasteiger partial charge on any atom is -0.459 e. The van der Waals surface area contributed by atoms with E-state index in [0.717, 1.165) is 25.7 Å². The normalized spacial score (nSPS) is 48.9. The van der Waals surface area contributed by atoms with E-state index in [0.29, 0.717) is 11.8 Å². The van der Waals surface area contributed by atoms with E-state index in [9.17, 15) is 31.6 Å². The van der Waals surface area contributed by atoms with E-state index < -0.39 is 74.8 Å². The van der Waals surface area contributed by atoms with Crippen molar-refractivity contribution in [1.29, 1.82) is 0 Å². The number of fused-ring (bicyclic) bond motifs is 1. The third-order valence-corrected chi connectivity index (χ3v) is 10.3. The molecule has 0 aromatic heterocycles. The van der Waals surface area contributed by atoms with Crippen LogP contribution in [0.5, 0.6) is 0 Å². The lowest BCUT2D eigenvalue weighted by Gasteiger charge is -2.42. The summed E-state index contributed by atoms with van der Waals surface area (Å²) < 4.78 is 74.2. The summed E-state index contributed by atoms with van der Waals surface area (Å²) in [6.07, 6.45) is 1.90. The van der Waals surface area contributed by atoms with E-state index in [-0.39, 0.29) is 18.3 Å². The molecule has 0 amide bonds. The third-order valence-electron chi connectivity index (χ3n) is 9.49. The number of alkyl halides is 2. The number of carbonyl (C=O) groups excluding carboxylic acids is 3. The number of halogens is 2. The highest BCUT2D eigenvalue weighted by atomic mass is 32.2. The van der Waals surface area contributed by atoms with Gasteiger partial charge in [-0.25, -0.2) is 4.79 Å². The van der Waals surface area contributed by atoms with Crippen molar-refractivity contribution < 1.29 is 50.3 Å². The minimum atomic E-state index is -6.05. The van der Waals surface area contributed by atoms with Gasteiger partial charge in [-0.3, -0.25) is 14.1 Å². The van der Waals surface area contributed by atoms with Gasteiger partial charge < -0.3 is 14.2 Å². The second-order valence-electron chi connectivity index (χ2n) is 10.9. The lowest BCUT2D eigenvalue weighted by molar-refractivity contribution is -0.187. The fourth-order valence-electron chi connectivity index (χ4n) is 8.24. The van der Waals surface area contributed by atoms with E-state index in [1.807, 2.05) is 6.92 Å². The molecule has 0 radical (unpaired) electrons. The van der Waals surface area contributed by atoms with Crippen molar-refractivity contribution in [3.05, 3.63) is 0 Å². The number of esters is 3. The van der Waals surface area contributed by atoms with Gasteiger partial charge >= 0.3 is 33.3 Å². The zero-order valence-electron chi connectivity index (χ0n) is 17.7. The van der Waals surface area contributed by atoms with Crippen LogP contribution in [0, 0.1) is 47.3 Å². The molecule has 7 aliphatic rings. The highest BCUT2D eigenvalue weighted by Crippen LogP contribution is 2.65. The Labute approximate surface area is 188 Å². The molecule has 1 aliphatic heterocycles. The average Bonchev–Trinajstić information content (AvgIpc) is 3.43. The fourth-order valence-corrected chi connectivity index (χ4v) is 8.50. The number of hydrogen-bond acceptors (Lipinski definition) is 8. The van der Waals surface area contributed by atoms with Gasteiger partial charge in [0.1, 0.15) is 17.8 Å². The van der Waals surface area contributed by atoms with Crippen LogP contribution in [0.4, 0.5) is 8.78 Å². The van der Waals surface area contributed by atoms with Crippen LogP contribution >= 0.6 is 0 Å². The Morgan fingerprint density at radius 3 is 2.55 bits per heavy atom. The highest BCUT2D eigenvalue weighted by Gasteiger charge is 2.72. The summed E-state index contributed by atoms with van der Waals surface area (Å²) in [5, 5.41) is -5.18. The lowest BCUT2D eigenvalue weighted by atomic mass is 9.72. The largest absolute Gasteiger partial charge is 0.465 e. The van der Waals surface area contributed by atoms with E-state index in [1.54, 1.807) is 0 Å². The van der Waals surface area contributed by atoms with Crippen LogP contribution in [0.2, 0.25) is 0 Å². The van der Waals surface area contributed by atoms with E-state index >= 15 is 0 Å². The molecule has 11 atom stereocenters. The fraction of sp³-hybridized carbons (Fsp3) is 0.857. The summed E-state index contributed by atoms with van der Waals surface area (Å²) >= 11 is 0. The molecular weight excluding hydrogens is 466 g/mol. The monoisotopic (exact) mass is 490 g/mol. The number of ether oxygens (including phenoxy) is 3. The molecule has 12 heteroatoms. The van der Waals surface area contributed by atoms with Gasteiger partial charge in [0.2, 0.25) is 0 Å². The van der Waals surface area contributed by atoms with Crippen molar-refractivity contribution in [3.8, 4) is 0 Å². The summed E-state index contributed by atoms with van der Waals surface area (Å²) in [4.78, 5) is 37.8.